The first-order valence-electron chi connectivity index (χ1n) is 11.5. The molecule has 0 saturated heterocycles. The highest BCUT2D eigenvalue weighted by Crippen LogP contribution is 2.55. The molecule has 4 bridgehead atoms. The van der Waals surface area contributed by atoms with Gasteiger partial charge in [-0.15, -0.1) is 0 Å². The maximum Gasteiger partial charge on any atom is 0.262 e. The Labute approximate surface area is 181 Å². The van der Waals surface area contributed by atoms with E-state index in [2.05, 4.69) is 5.32 Å². The lowest BCUT2D eigenvalue weighted by Crippen LogP contribution is -2.60. The summed E-state index contributed by atoms with van der Waals surface area (Å²) in [5.74, 6) is 2.52. The Morgan fingerprint density at radius 2 is 1.77 bits per heavy atom. The number of carbonyl (C=O) groups is 1. The molecule has 2 aromatic rings. The molecule has 1 amide bonds. The Morgan fingerprint density at radius 1 is 1.13 bits per heavy atom. The summed E-state index contributed by atoms with van der Waals surface area (Å²) in [5.41, 5.74) is 0.767. The molecule has 5 aliphatic rings. The molecule has 0 spiro atoms. The first-order valence-corrected chi connectivity index (χ1v) is 12.4. The number of carbonyl (C=O) groups excluding carboxylic acids is 1. The number of hydrogen-bond acceptors (Lipinski definition) is 4. The third-order valence-corrected chi connectivity index (χ3v) is 8.83. The maximum atomic E-state index is 13.2. The van der Waals surface area contributed by atoms with Gasteiger partial charge in [-0.05, 0) is 88.2 Å². The molecule has 1 heterocycles. The van der Waals surface area contributed by atoms with Crippen molar-refractivity contribution in [2.75, 3.05) is 0 Å². The summed E-state index contributed by atoms with van der Waals surface area (Å²) in [6, 6.07) is 7.76. The molecule has 0 aliphatic heterocycles. The number of aromatic nitrogens is 2. The van der Waals surface area contributed by atoms with E-state index >= 15 is 0 Å². The highest BCUT2D eigenvalue weighted by Gasteiger charge is 2.51. The van der Waals surface area contributed by atoms with E-state index in [0.29, 0.717) is 10.5 Å². The van der Waals surface area contributed by atoms with Gasteiger partial charge in [0, 0.05) is 11.6 Å². The molecule has 7 rings (SSSR count). The third kappa shape index (κ3) is 3.19. The van der Waals surface area contributed by atoms with Crippen molar-refractivity contribution in [3.63, 3.8) is 0 Å². The van der Waals surface area contributed by atoms with Crippen LogP contribution in [-0.4, -0.2) is 26.2 Å². The van der Waals surface area contributed by atoms with Crippen LogP contribution < -0.4 is 10.9 Å². The molecule has 1 aromatic heterocycles. The van der Waals surface area contributed by atoms with Gasteiger partial charge in [0.25, 0.3) is 5.56 Å². The standard InChI is InChI=1S/C24H29N3O2S/c1-14(21(28)26-24-11-15-8-16(12-24)10-17(9-15)13-24)30-23-25-20-5-3-2-4-19(20)22(29)27(23)18-6-7-18/h2-5,14-18H,6-13H2,1H3,(H,26,28)/t14-,15?,16?,17?,24?/m1/s1. The second kappa shape index (κ2) is 6.84. The zero-order valence-corrected chi connectivity index (χ0v) is 18.3. The van der Waals surface area contributed by atoms with E-state index in [9.17, 15) is 9.59 Å². The van der Waals surface area contributed by atoms with E-state index < -0.39 is 0 Å². The van der Waals surface area contributed by atoms with Crippen LogP contribution in [0.25, 0.3) is 10.9 Å². The minimum Gasteiger partial charge on any atom is -0.350 e. The van der Waals surface area contributed by atoms with Gasteiger partial charge in [0.05, 0.1) is 16.2 Å². The smallest absolute Gasteiger partial charge is 0.262 e. The lowest BCUT2D eigenvalue weighted by atomic mass is 9.53. The minimum absolute atomic E-state index is 0.0215. The molecule has 30 heavy (non-hydrogen) atoms. The van der Waals surface area contributed by atoms with Crippen molar-refractivity contribution in [2.24, 2.45) is 17.8 Å². The van der Waals surface area contributed by atoms with Gasteiger partial charge in [-0.25, -0.2) is 4.98 Å². The number of fused-ring (bicyclic) bond motifs is 1. The fourth-order valence-electron chi connectivity index (χ4n) is 6.70. The molecular weight excluding hydrogens is 394 g/mol. The summed E-state index contributed by atoms with van der Waals surface area (Å²) in [4.78, 5) is 31.1. The molecule has 1 N–H and O–H groups in total. The number of benzene rings is 1. The first-order chi connectivity index (χ1) is 14.5. The van der Waals surface area contributed by atoms with E-state index in [0.717, 1.165) is 55.4 Å². The number of nitrogens with zero attached hydrogens (tertiary/aromatic N) is 2. The van der Waals surface area contributed by atoms with Crippen molar-refractivity contribution in [3.05, 3.63) is 34.6 Å². The number of nitrogens with one attached hydrogen (secondary N) is 1. The number of amides is 1. The van der Waals surface area contributed by atoms with E-state index in [-0.39, 0.29) is 28.3 Å². The van der Waals surface area contributed by atoms with E-state index in [4.69, 9.17) is 4.98 Å². The van der Waals surface area contributed by atoms with E-state index in [1.54, 1.807) is 0 Å². The Kier molecular flexibility index (Phi) is 4.31. The predicted octanol–water partition coefficient (Wildman–Crippen LogP) is 4.30. The van der Waals surface area contributed by atoms with Crippen LogP contribution in [0, 0.1) is 17.8 Å². The molecule has 6 heteroatoms. The lowest BCUT2D eigenvalue weighted by Gasteiger charge is -2.57. The van der Waals surface area contributed by atoms with Crippen LogP contribution in [0.2, 0.25) is 0 Å². The van der Waals surface area contributed by atoms with Crippen LogP contribution in [0.4, 0.5) is 0 Å². The number of thioether (sulfide) groups is 1. The van der Waals surface area contributed by atoms with Gasteiger partial charge < -0.3 is 5.32 Å². The Morgan fingerprint density at radius 3 is 2.40 bits per heavy atom. The van der Waals surface area contributed by atoms with Crippen molar-refractivity contribution in [3.8, 4) is 0 Å². The van der Waals surface area contributed by atoms with Gasteiger partial charge >= 0.3 is 0 Å². The summed E-state index contributed by atoms with van der Waals surface area (Å²) in [5, 5.41) is 4.57. The summed E-state index contributed by atoms with van der Waals surface area (Å²) < 4.78 is 1.83. The van der Waals surface area contributed by atoms with Crippen molar-refractivity contribution in [2.45, 2.75) is 80.3 Å². The molecule has 5 aliphatic carbocycles. The zero-order valence-electron chi connectivity index (χ0n) is 17.5. The molecule has 1 atom stereocenters. The number of hydrogen-bond donors (Lipinski definition) is 1. The van der Waals surface area contributed by atoms with Crippen molar-refractivity contribution in [1.82, 2.24) is 14.9 Å². The lowest BCUT2D eigenvalue weighted by molar-refractivity contribution is -0.126. The molecule has 0 unspecified atom stereocenters. The van der Waals surface area contributed by atoms with Gasteiger partial charge in [-0.3, -0.25) is 14.2 Å². The van der Waals surface area contributed by atoms with Crippen molar-refractivity contribution in [1.29, 1.82) is 0 Å². The first kappa shape index (κ1) is 18.9. The topological polar surface area (TPSA) is 64.0 Å². The molecule has 1 aromatic carbocycles. The van der Waals surface area contributed by atoms with Crippen LogP contribution in [0.15, 0.2) is 34.2 Å². The van der Waals surface area contributed by atoms with Crippen LogP contribution in [0.1, 0.15) is 64.3 Å². The Bertz CT molecular complexity index is 1040. The van der Waals surface area contributed by atoms with E-state index in [1.165, 1.54) is 31.0 Å². The van der Waals surface area contributed by atoms with Crippen LogP contribution in [-0.2, 0) is 4.79 Å². The fraction of sp³-hybridized carbons (Fsp3) is 0.625. The maximum absolute atomic E-state index is 13.2. The number of para-hydroxylation sites is 1. The third-order valence-electron chi connectivity index (χ3n) is 7.77. The molecule has 5 nitrogen and oxygen atoms in total. The summed E-state index contributed by atoms with van der Waals surface area (Å²) in [6.07, 6.45) is 9.61. The average molecular weight is 424 g/mol. The largest absolute Gasteiger partial charge is 0.350 e. The SMILES string of the molecule is C[C@@H](Sc1nc2ccccc2c(=O)n1C1CC1)C(=O)NC12CC3CC(CC(C3)C1)C2. The van der Waals surface area contributed by atoms with Gasteiger partial charge in [0.1, 0.15) is 0 Å². The van der Waals surface area contributed by atoms with Crippen molar-refractivity contribution >= 4 is 28.6 Å². The van der Waals surface area contributed by atoms with Gasteiger partial charge in [0.2, 0.25) is 5.91 Å². The quantitative estimate of drug-likeness (QED) is 0.575. The molecule has 5 saturated carbocycles. The molecule has 5 fully saturated rings. The van der Waals surface area contributed by atoms with Crippen LogP contribution in [0.3, 0.4) is 0 Å². The monoisotopic (exact) mass is 423 g/mol. The van der Waals surface area contributed by atoms with E-state index in [1.807, 2.05) is 35.8 Å². The molecule has 0 radical (unpaired) electrons. The molecule has 158 valence electrons. The fourth-order valence-corrected chi connectivity index (χ4v) is 7.68. The highest BCUT2D eigenvalue weighted by molar-refractivity contribution is 8.00. The average Bonchev–Trinajstić information content (AvgIpc) is 3.51. The minimum atomic E-state index is -0.268. The van der Waals surface area contributed by atoms with Gasteiger partial charge in [0.15, 0.2) is 5.16 Å². The Balaban J connectivity index is 1.25. The van der Waals surface area contributed by atoms with Crippen molar-refractivity contribution < 1.29 is 4.79 Å². The summed E-state index contributed by atoms with van der Waals surface area (Å²) in [6.45, 7) is 1.96. The van der Waals surface area contributed by atoms with Crippen LogP contribution >= 0.6 is 11.8 Å². The predicted molar refractivity (Wildman–Crippen MR) is 119 cm³/mol. The Hall–Kier alpha value is -1.82. The van der Waals surface area contributed by atoms with Crippen LogP contribution in [0.5, 0.6) is 0 Å². The van der Waals surface area contributed by atoms with Gasteiger partial charge in [-0.2, -0.15) is 0 Å². The summed E-state index contributed by atoms with van der Waals surface area (Å²) >= 11 is 1.44. The second-order valence-corrected chi connectivity index (χ2v) is 11.6. The van der Waals surface area contributed by atoms with Gasteiger partial charge in [-0.1, -0.05) is 23.9 Å². The highest BCUT2D eigenvalue weighted by atomic mass is 32.2. The number of rotatable bonds is 5. The summed E-state index contributed by atoms with van der Waals surface area (Å²) in [7, 11) is 0. The second-order valence-electron chi connectivity index (χ2n) is 10.3. The molecular formula is C24H29N3O2S. The zero-order chi connectivity index (χ0) is 20.5. The normalized spacial score (nSPS) is 33.0.